The highest BCUT2D eigenvalue weighted by molar-refractivity contribution is 7.13. The molecule has 0 bridgehead atoms. The van der Waals surface area contributed by atoms with Crippen LogP contribution in [0.4, 0.5) is 10.2 Å². The van der Waals surface area contributed by atoms with Crippen molar-refractivity contribution in [1.82, 2.24) is 10.3 Å². The topological polar surface area (TPSA) is 80.0 Å². The predicted molar refractivity (Wildman–Crippen MR) is 92.5 cm³/mol. The maximum absolute atomic E-state index is 14.9. The highest BCUT2D eigenvalue weighted by Gasteiger charge is 2.32. The van der Waals surface area contributed by atoms with Gasteiger partial charge in [-0.05, 0) is 24.3 Å². The number of rotatable bonds is 3. The fourth-order valence-corrected chi connectivity index (χ4v) is 4.20. The number of pyridine rings is 1. The molecule has 5 nitrogen and oxygen atoms in total. The summed E-state index contributed by atoms with van der Waals surface area (Å²) in [6, 6.07) is 3.81. The number of carbonyl (C=O) groups is 1. The Kier molecular flexibility index (Phi) is 3.97. The lowest BCUT2D eigenvalue weighted by atomic mass is 9.91. The third-order valence-corrected chi connectivity index (χ3v) is 5.66. The highest BCUT2D eigenvalue weighted by Crippen LogP contribution is 2.35. The summed E-state index contributed by atoms with van der Waals surface area (Å²) in [5, 5.41) is 7.82. The molecule has 2 aromatic heterocycles. The predicted octanol–water partition coefficient (Wildman–Crippen LogP) is 2.87. The third kappa shape index (κ3) is 2.57. The van der Waals surface area contributed by atoms with Crippen molar-refractivity contribution in [2.75, 3.05) is 5.32 Å². The first-order chi connectivity index (χ1) is 11.6. The lowest BCUT2D eigenvalue weighted by Crippen LogP contribution is -2.43. The maximum atomic E-state index is 14.9. The molecule has 7 heteroatoms. The van der Waals surface area contributed by atoms with E-state index < -0.39 is 5.82 Å². The molecular weight excluding hydrogens is 327 g/mol. The van der Waals surface area contributed by atoms with E-state index in [1.165, 1.54) is 11.3 Å². The van der Waals surface area contributed by atoms with Crippen molar-refractivity contribution in [3.05, 3.63) is 34.5 Å². The molecule has 2 aromatic rings. The third-order valence-electron chi connectivity index (χ3n) is 4.78. The van der Waals surface area contributed by atoms with E-state index in [9.17, 15) is 9.18 Å². The summed E-state index contributed by atoms with van der Waals surface area (Å²) in [5.74, 6) is -0.502. The number of anilines is 1. The van der Waals surface area contributed by atoms with Gasteiger partial charge < -0.3 is 16.4 Å². The van der Waals surface area contributed by atoms with E-state index in [1.807, 2.05) is 17.5 Å². The zero-order valence-electron chi connectivity index (χ0n) is 13.1. The average molecular weight is 346 g/mol. The van der Waals surface area contributed by atoms with Gasteiger partial charge in [-0.2, -0.15) is 0 Å². The van der Waals surface area contributed by atoms with Crippen molar-refractivity contribution >= 4 is 23.1 Å². The minimum absolute atomic E-state index is 0.00171. The van der Waals surface area contributed by atoms with Crippen LogP contribution in [0.15, 0.2) is 17.5 Å². The minimum Gasteiger partial charge on any atom is -0.363 e. The van der Waals surface area contributed by atoms with Gasteiger partial charge in [0.05, 0.1) is 16.1 Å². The number of nitrogens with zero attached hydrogens (tertiary/aromatic N) is 1. The van der Waals surface area contributed by atoms with Crippen molar-refractivity contribution in [3.8, 4) is 10.6 Å². The van der Waals surface area contributed by atoms with Gasteiger partial charge in [0.25, 0.3) is 5.91 Å². The lowest BCUT2D eigenvalue weighted by Gasteiger charge is -2.30. The van der Waals surface area contributed by atoms with Gasteiger partial charge >= 0.3 is 0 Å². The normalized spacial score (nSPS) is 23.0. The van der Waals surface area contributed by atoms with E-state index in [4.69, 9.17) is 5.73 Å². The standard InChI is InChI=1S/C17H19FN4OS/c18-14-9-8-20-17(23)13(9)15(12-6-3-7-24-12)22-16(14)21-11-5-2-1-4-10(11)19/h3,6-7,10-11H,1-2,4-5,8,19H2,(H,20,23)(H,21,22)/t10-,11+/m0/s1. The fraction of sp³-hybridized carbons (Fsp3) is 0.412. The Morgan fingerprint density at radius 1 is 1.38 bits per heavy atom. The van der Waals surface area contributed by atoms with E-state index in [0.29, 0.717) is 16.8 Å². The molecule has 1 amide bonds. The van der Waals surface area contributed by atoms with Crippen LogP contribution in [-0.4, -0.2) is 23.0 Å². The molecule has 2 atom stereocenters. The first-order valence-corrected chi connectivity index (χ1v) is 9.09. The van der Waals surface area contributed by atoms with Crippen molar-refractivity contribution in [2.45, 2.75) is 44.3 Å². The average Bonchev–Trinajstić information content (AvgIpc) is 3.23. The summed E-state index contributed by atoms with van der Waals surface area (Å²) in [6.07, 6.45) is 4.03. The monoisotopic (exact) mass is 346 g/mol. The van der Waals surface area contributed by atoms with Gasteiger partial charge in [-0.15, -0.1) is 11.3 Å². The van der Waals surface area contributed by atoms with E-state index >= 15 is 0 Å². The highest BCUT2D eigenvalue weighted by atomic mass is 32.1. The van der Waals surface area contributed by atoms with E-state index in [2.05, 4.69) is 15.6 Å². The van der Waals surface area contributed by atoms with Gasteiger partial charge in [0.15, 0.2) is 11.6 Å². The summed E-state index contributed by atoms with van der Waals surface area (Å²) in [6.45, 7) is 0.201. The van der Waals surface area contributed by atoms with Crippen molar-refractivity contribution in [1.29, 1.82) is 0 Å². The number of amides is 1. The Morgan fingerprint density at radius 2 is 2.21 bits per heavy atom. The summed E-state index contributed by atoms with van der Waals surface area (Å²) in [4.78, 5) is 17.5. The number of thiophene rings is 1. The molecule has 2 aliphatic rings. The number of hydrogen-bond donors (Lipinski definition) is 3. The lowest BCUT2D eigenvalue weighted by molar-refractivity contribution is 0.0966. The Bertz CT molecular complexity index is 777. The first kappa shape index (κ1) is 15.5. The number of nitrogens with two attached hydrogens (primary N) is 1. The van der Waals surface area contributed by atoms with E-state index in [0.717, 1.165) is 30.6 Å². The summed E-state index contributed by atoms with van der Waals surface area (Å²) in [5.41, 5.74) is 7.46. The maximum Gasteiger partial charge on any atom is 0.254 e. The molecule has 4 N–H and O–H groups in total. The van der Waals surface area contributed by atoms with Crippen LogP contribution >= 0.6 is 11.3 Å². The van der Waals surface area contributed by atoms with Crippen LogP contribution in [0.5, 0.6) is 0 Å². The first-order valence-electron chi connectivity index (χ1n) is 8.21. The van der Waals surface area contributed by atoms with Crippen molar-refractivity contribution < 1.29 is 9.18 Å². The second kappa shape index (κ2) is 6.14. The Morgan fingerprint density at radius 3 is 2.96 bits per heavy atom. The molecule has 1 aliphatic carbocycles. The molecule has 1 aliphatic heterocycles. The number of hydrogen-bond acceptors (Lipinski definition) is 5. The Hall–Kier alpha value is -1.99. The van der Waals surface area contributed by atoms with Crippen LogP contribution in [0.2, 0.25) is 0 Å². The van der Waals surface area contributed by atoms with Gasteiger partial charge in [-0.1, -0.05) is 18.9 Å². The SMILES string of the molecule is N[C@H]1CCCC[C@H]1Nc1nc(-c2cccs2)c2c(c1F)CNC2=O. The summed E-state index contributed by atoms with van der Waals surface area (Å²) < 4.78 is 14.9. The van der Waals surface area contributed by atoms with Gasteiger partial charge in [-0.3, -0.25) is 4.79 Å². The van der Waals surface area contributed by atoms with E-state index in [1.54, 1.807) is 0 Å². The smallest absolute Gasteiger partial charge is 0.254 e. The Labute approximate surface area is 143 Å². The molecule has 24 heavy (non-hydrogen) atoms. The number of halogens is 1. The molecule has 0 saturated heterocycles. The van der Waals surface area contributed by atoms with Gasteiger partial charge in [0, 0.05) is 24.2 Å². The van der Waals surface area contributed by atoms with Gasteiger partial charge in [-0.25, -0.2) is 9.37 Å². The molecule has 3 heterocycles. The molecule has 1 saturated carbocycles. The molecule has 0 aromatic carbocycles. The van der Waals surface area contributed by atoms with Crippen molar-refractivity contribution in [2.24, 2.45) is 5.73 Å². The molecule has 126 valence electrons. The second-order valence-electron chi connectivity index (χ2n) is 6.34. The zero-order valence-corrected chi connectivity index (χ0v) is 14.0. The summed E-state index contributed by atoms with van der Waals surface area (Å²) in [7, 11) is 0. The molecule has 4 rings (SSSR count). The van der Waals surface area contributed by atoms with E-state index in [-0.39, 0.29) is 30.4 Å². The summed E-state index contributed by atoms with van der Waals surface area (Å²) >= 11 is 1.49. The number of nitrogens with one attached hydrogen (secondary N) is 2. The molecule has 0 spiro atoms. The second-order valence-corrected chi connectivity index (χ2v) is 7.28. The molecular formula is C17H19FN4OS. The number of aromatic nitrogens is 1. The molecule has 0 unspecified atom stereocenters. The van der Waals surface area contributed by atoms with Crippen LogP contribution in [0.1, 0.15) is 41.6 Å². The van der Waals surface area contributed by atoms with Crippen LogP contribution < -0.4 is 16.4 Å². The molecule has 0 radical (unpaired) electrons. The fourth-order valence-electron chi connectivity index (χ4n) is 3.48. The number of carbonyl (C=O) groups excluding carboxylic acids is 1. The Balaban J connectivity index is 1.78. The van der Waals surface area contributed by atoms with Crippen LogP contribution in [-0.2, 0) is 6.54 Å². The zero-order chi connectivity index (χ0) is 16.7. The van der Waals surface area contributed by atoms with Crippen LogP contribution in [0, 0.1) is 5.82 Å². The quantitative estimate of drug-likeness (QED) is 0.798. The van der Waals surface area contributed by atoms with Crippen LogP contribution in [0.25, 0.3) is 10.6 Å². The van der Waals surface area contributed by atoms with Gasteiger partial charge in [0.2, 0.25) is 0 Å². The molecule has 1 fully saturated rings. The van der Waals surface area contributed by atoms with Crippen LogP contribution in [0.3, 0.4) is 0 Å². The number of fused-ring (bicyclic) bond motifs is 1. The van der Waals surface area contributed by atoms with Gasteiger partial charge in [0.1, 0.15) is 0 Å². The largest absolute Gasteiger partial charge is 0.363 e. The minimum atomic E-state index is -0.443. The van der Waals surface area contributed by atoms with Crippen molar-refractivity contribution in [3.63, 3.8) is 0 Å².